The molecule has 2 aromatic rings. The predicted molar refractivity (Wildman–Crippen MR) is 74.0 cm³/mol. The van der Waals surface area contributed by atoms with Crippen molar-refractivity contribution < 1.29 is 0 Å². The maximum absolute atomic E-state index is 6.20. The summed E-state index contributed by atoms with van der Waals surface area (Å²) in [4.78, 5) is 4.59. The molecule has 2 heteroatoms. The number of nitrogens with zero attached hydrogens (tertiary/aromatic N) is 1. The summed E-state index contributed by atoms with van der Waals surface area (Å²) in [5.74, 6) is 1.37. The smallest absolute Gasteiger partial charge is 0.129 e. The van der Waals surface area contributed by atoms with Crippen molar-refractivity contribution in [3.8, 4) is 11.1 Å². The van der Waals surface area contributed by atoms with E-state index in [1.165, 1.54) is 41.6 Å². The minimum absolute atomic E-state index is 0.639. The van der Waals surface area contributed by atoms with E-state index in [4.69, 9.17) is 11.6 Å². The van der Waals surface area contributed by atoms with Crippen LogP contribution in [0.25, 0.3) is 11.1 Å². The van der Waals surface area contributed by atoms with Crippen LogP contribution in [0.1, 0.15) is 42.4 Å². The second kappa shape index (κ2) is 3.83. The third-order valence-corrected chi connectivity index (χ3v) is 4.56. The highest BCUT2D eigenvalue weighted by Crippen LogP contribution is 2.55. The molecule has 1 saturated carbocycles. The van der Waals surface area contributed by atoms with Gasteiger partial charge >= 0.3 is 0 Å². The summed E-state index contributed by atoms with van der Waals surface area (Å²) in [5, 5.41) is 0.639. The molecule has 1 fully saturated rings. The molecule has 2 aliphatic carbocycles. The Labute approximate surface area is 112 Å². The first kappa shape index (κ1) is 10.6. The van der Waals surface area contributed by atoms with Crippen LogP contribution >= 0.6 is 11.6 Å². The highest BCUT2D eigenvalue weighted by Gasteiger charge is 2.40. The number of pyridine rings is 1. The summed E-state index contributed by atoms with van der Waals surface area (Å²) in [5.41, 5.74) is 5.32. The monoisotopic (exact) mass is 255 g/mol. The van der Waals surface area contributed by atoms with Crippen molar-refractivity contribution in [3.63, 3.8) is 0 Å². The third kappa shape index (κ3) is 1.44. The molecule has 0 N–H and O–H groups in total. The lowest BCUT2D eigenvalue weighted by Crippen LogP contribution is -2.03. The Morgan fingerprint density at radius 2 is 1.83 bits per heavy atom. The van der Waals surface area contributed by atoms with Gasteiger partial charge in [0, 0.05) is 11.6 Å². The molecule has 1 aromatic heterocycles. The second-order valence-electron chi connectivity index (χ2n) is 5.36. The Hall–Kier alpha value is -1.34. The Balaban J connectivity index is 1.97. The number of benzene rings is 1. The molecule has 0 aliphatic heterocycles. The zero-order chi connectivity index (χ0) is 12.1. The van der Waals surface area contributed by atoms with Gasteiger partial charge < -0.3 is 0 Å². The van der Waals surface area contributed by atoms with E-state index in [1.807, 2.05) is 6.07 Å². The molecule has 0 saturated heterocycles. The van der Waals surface area contributed by atoms with E-state index < -0.39 is 0 Å². The maximum atomic E-state index is 6.20. The van der Waals surface area contributed by atoms with Gasteiger partial charge in [-0.1, -0.05) is 41.9 Å². The molecule has 4 rings (SSSR count). The van der Waals surface area contributed by atoms with E-state index in [9.17, 15) is 0 Å². The van der Waals surface area contributed by atoms with Gasteiger partial charge in [-0.25, -0.2) is 4.98 Å². The first-order chi connectivity index (χ1) is 8.83. The zero-order valence-electron chi connectivity index (χ0n) is 10.1. The van der Waals surface area contributed by atoms with Gasteiger partial charge in [0.2, 0.25) is 0 Å². The van der Waals surface area contributed by atoms with E-state index in [-0.39, 0.29) is 0 Å². The molecule has 1 aromatic carbocycles. The lowest BCUT2D eigenvalue weighted by molar-refractivity contribution is 0.698. The number of aromatic nitrogens is 1. The van der Waals surface area contributed by atoms with Crippen LogP contribution in [0, 0.1) is 0 Å². The molecule has 90 valence electrons. The number of fused-ring (bicyclic) bond motifs is 5. The minimum Gasteiger partial charge on any atom is -0.241 e. The van der Waals surface area contributed by atoms with Gasteiger partial charge in [-0.15, -0.1) is 0 Å². The van der Waals surface area contributed by atoms with Crippen LogP contribution in [-0.2, 0) is 0 Å². The third-order valence-electron chi connectivity index (χ3n) is 4.37. The van der Waals surface area contributed by atoms with Crippen LogP contribution in [0.15, 0.2) is 36.4 Å². The van der Waals surface area contributed by atoms with Crippen molar-refractivity contribution in [2.45, 2.75) is 31.1 Å². The van der Waals surface area contributed by atoms with E-state index in [1.54, 1.807) is 0 Å². The summed E-state index contributed by atoms with van der Waals surface area (Å²) in [6.45, 7) is 0. The lowest BCUT2D eigenvalue weighted by Gasteiger charge is -2.18. The standard InChI is InChI=1S/C16H14ClN/c17-14-9-13(10-4-2-1-3-5-10)15-11-6-7-12(8-11)16(15)18-14/h1-5,9,11-12H,6-8H2. The Morgan fingerprint density at radius 1 is 1.06 bits per heavy atom. The molecule has 1 heterocycles. The molecule has 2 atom stereocenters. The fraction of sp³-hybridized carbons (Fsp3) is 0.312. The van der Waals surface area contributed by atoms with Crippen molar-refractivity contribution in [2.24, 2.45) is 0 Å². The first-order valence-electron chi connectivity index (χ1n) is 6.58. The Morgan fingerprint density at radius 3 is 2.67 bits per heavy atom. The number of halogens is 1. The number of rotatable bonds is 1. The summed E-state index contributed by atoms with van der Waals surface area (Å²) >= 11 is 6.20. The largest absolute Gasteiger partial charge is 0.241 e. The quantitative estimate of drug-likeness (QED) is 0.669. The van der Waals surface area contributed by atoms with Crippen molar-refractivity contribution in [1.82, 2.24) is 4.98 Å². The molecule has 2 aliphatic rings. The normalized spacial score (nSPS) is 24.3. The van der Waals surface area contributed by atoms with E-state index >= 15 is 0 Å². The van der Waals surface area contributed by atoms with Gasteiger partial charge in [-0.2, -0.15) is 0 Å². The fourth-order valence-corrected chi connectivity index (χ4v) is 3.83. The molecule has 0 spiro atoms. The van der Waals surface area contributed by atoms with Crippen LogP contribution in [0.4, 0.5) is 0 Å². The molecule has 2 bridgehead atoms. The lowest BCUT2D eigenvalue weighted by atomic mass is 9.89. The summed E-state index contributed by atoms with van der Waals surface area (Å²) in [7, 11) is 0. The first-order valence-corrected chi connectivity index (χ1v) is 6.96. The van der Waals surface area contributed by atoms with Gasteiger partial charge in [-0.3, -0.25) is 0 Å². The van der Waals surface area contributed by atoms with Crippen LogP contribution < -0.4 is 0 Å². The van der Waals surface area contributed by atoms with Crippen LogP contribution in [-0.4, -0.2) is 4.98 Å². The van der Waals surface area contributed by atoms with Gasteiger partial charge in [0.15, 0.2) is 0 Å². The molecule has 1 nitrogen and oxygen atoms in total. The summed E-state index contributed by atoms with van der Waals surface area (Å²) in [6.07, 6.45) is 3.89. The van der Waals surface area contributed by atoms with Gasteiger partial charge in [0.1, 0.15) is 5.15 Å². The second-order valence-corrected chi connectivity index (χ2v) is 5.75. The van der Waals surface area contributed by atoms with Crippen molar-refractivity contribution in [2.75, 3.05) is 0 Å². The number of hydrogen-bond donors (Lipinski definition) is 0. The molecular formula is C16H14ClN. The summed E-state index contributed by atoms with van der Waals surface area (Å²) in [6, 6.07) is 12.6. The van der Waals surface area contributed by atoms with Gasteiger partial charge in [-0.05, 0) is 47.9 Å². The van der Waals surface area contributed by atoms with Gasteiger partial charge in [0.05, 0.1) is 0 Å². The molecular weight excluding hydrogens is 242 g/mol. The minimum atomic E-state index is 0.639. The van der Waals surface area contributed by atoms with Crippen LogP contribution in [0.2, 0.25) is 5.15 Å². The van der Waals surface area contributed by atoms with Gasteiger partial charge in [0.25, 0.3) is 0 Å². The summed E-state index contributed by atoms with van der Waals surface area (Å²) < 4.78 is 0. The number of hydrogen-bond acceptors (Lipinski definition) is 1. The van der Waals surface area contributed by atoms with Crippen molar-refractivity contribution in [1.29, 1.82) is 0 Å². The van der Waals surface area contributed by atoms with Crippen molar-refractivity contribution in [3.05, 3.63) is 52.8 Å². The molecule has 18 heavy (non-hydrogen) atoms. The maximum Gasteiger partial charge on any atom is 0.129 e. The average Bonchev–Trinajstić information content (AvgIpc) is 3.00. The SMILES string of the molecule is Clc1cc(-c2ccccc2)c2c(n1)C1CCC2C1. The van der Waals surface area contributed by atoms with E-state index in [2.05, 4.69) is 35.3 Å². The highest BCUT2D eigenvalue weighted by atomic mass is 35.5. The fourth-order valence-electron chi connectivity index (χ4n) is 3.63. The van der Waals surface area contributed by atoms with E-state index in [0.29, 0.717) is 17.0 Å². The molecule has 0 radical (unpaired) electrons. The average molecular weight is 256 g/mol. The van der Waals surface area contributed by atoms with Crippen molar-refractivity contribution >= 4 is 11.6 Å². The van der Waals surface area contributed by atoms with E-state index in [0.717, 1.165) is 0 Å². The topological polar surface area (TPSA) is 12.9 Å². The zero-order valence-corrected chi connectivity index (χ0v) is 10.8. The van der Waals surface area contributed by atoms with Crippen LogP contribution in [0.5, 0.6) is 0 Å². The molecule has 2 unspecified atom stereocenters. The Bertz CT molecular complexity index is 606. The molecule has 0 amide bonds. The van der Waals surface area contributed by atoms with Crippen LogP contribution in [0.3, 0.4) is 0 Å². The highest BCUT2D eigenvalue weighted by molar-refractivity contribution is 6.29. The predicted octanol–water partition coefficient (Wildman–Crippen LogP) is 4.77. The Kier molecular flexibility index (Phi) is 2.25.